The minimum Gasteiger partial charge on any atom is -0.452 e. The summed E-state index contributed by atoms with van der Waals surface area (Å²) in [6.45, 7) is 7.55. The summed E-state index contributed by atoms with van der Waals surface area (Å²) in [7, 11) is 0. The van der Waals surface area contributed by atoms with E-state index in [-0.39, 0.29) is 12.6 Å². The van der Waals surface area contributed by atoms with Crippen molar-refractivity contribution in [3.63, 3.8) is 0 Å². The van der Waals surface area contributed by atoms with E-state index in [0.717, 1.165) is 22.2 Å². The summed E-state index contributed by atoms with van der Waals surface area (Å²) in [6.07, 6.45) is 1.61. The first-order valence-corrected chi connectivity index (χ1v) is 8.46. The van der Waals surface area contributed by atoms with E-state index in [1.165, 1.54) is 0 Å². The fraction of sp³-hybridized carbons (Fsp3) is 0.316. The Labute approximate surface area is 151 Å². The van der Waals surface area contributed by atoms with Crippen LogP contribution in [0.3, 0.4) is 0 Å². The molecule has 0 saturated heterocycles. The van der Waals surface area contributed by atoms with Crippen LogP contribution in [0.5, 0.6) is 0 Å². The Hall–Kier alpha value is -3.09. The van der Waals surface area contributed by atoms with Crippen molar-refractivity contribution in [2.75, 3.05) is 11.9 Å². The van der Waals surface area contributed by atoms with Gasteiger partial charge in [0.15, 0.2) is 6.61 Å². The number of amides is 1. The molecule has 7 nitrogen and oxygen atoms in total. The summed E-state index contributed by atoms with van der Waals surface area (Å²) >= 11 is 0. The average molecular weight is 354 g/mol. The average Bonchev–Trinajstić information content (AvgIpc) is 3.17. The van der Waals surface area contributed by atoms with Crippen LogP contribution in [0.1, 0.15) is 41.5 Å². The molecule has 7 heteroatoms. The van der Waals surface area contributed by atoms with Crippen molar-refractivity contribution >= 4 is 28.6 Å². The van der Waals surface area contributed by atoms with Gasteiger partial charge in [0.2, 0.25) is 0 Å². The number of carbonyl (C=O) groups is 2. The van der Waals surface area contributed by atoms with Crippen LogP contribution in [0.2, 0.25) is 0 Å². The highest BCUT2D eigenvalue weighted by Gasteiger charge is 2.14. The largest absolute Gasteiger partial charge is 0.452 e. The van der Waals surface area contributed by atoms with E-state index in [0.29, 0.717) is 11.4 Å². The molecule has 0 atom stereocenters. The molecule has 0 spiro atoms. The Kier molecular flexibility index (Phi) is 4.79. The molecule has 26 heavy (non-hydrogen) atoms. The van der Waals surface area contributed by atoms with E-state index >= 15 is 0 Å². The molecule has 0 saturated carbocycles. The van der Waals surface area contributed by atoms with E-state index in [1.54, 1.807) is 29.1 Å². The normalized spacial score (nSPS) is 11.1. The van der Waals surface area contributed by atoms with Gasteiger partial charge < -0.3 is 15.0 Å². The quantitative estimate of drug-likeness (QED) is 0.688. The third-order valence-electron chi connectivity index (χ3n) is 4.31. The van der Waals surface area contributed by atoms with Crippen LogP contribution in [0, 0.1) is 13.8 Å². The molecule has 1 aromatic carbocycles. The zero-order valence-corrected chi connectivity index (χ0v) is 15.3. The Morgan fingerprint density at radius 3 is 2.77 bits per heavy atom. The van der Waals surface area contributed by atoms with Gasteiger partial charge in [-0.2, -0.15) is 5.10 Å². The van der Waals surface area contributed by atoms with Crippen molar-refractivity contribution in [3.8, 4) is 0 Å². The number of hydrogen-bond acceptors (Lipinski definition) is 4. The van der Waals surface area contributed by atoms with Gasteiger partial charge >= 0.3 is 5.97 Å². The Bertz CT molecular complexity index is 968. The van der Waals surface area contributed by atoms with E-state index in [1.807, 2.05) is 33.8 Å². The van der Waals surface area contributed by atoms with Crippen LogP contribution in [0.15, 0.2) is 30.5 Å². The van der Waals surface area contributed by atoms with Crippen LogP contribution in [-0.4, -0.2) is 33.2 Å². The lowest BCUT2D eigenvalue weighted by molar-refractivity contribution is -0.119. The van der Waals surface area contributed by atoms with Gasteiger partial charge in [-0.1, -0.05) is 0 Å². The third kappa shape index (κ3) is 3.46. The molecule has 0 aliphatic rings. The molecule has 0 fully saturated rings. The number of aryl methyl sites for hydroxylation is 2. The number of aromatic nitrogens is 3. The number of fused-ring (bicyclic) bond motifs is 1. The molecule has 0 bridgehead atoms. The molecule has 2 N–H and O–H groups in total. The minimum absolute atomic E-state index is 0.114. The summed E-state index contributed by atoms with van der Waals surface area (Å²) in [5.41, 5.74) is 3.54. The van der Waals surface area contributed by atoms with Gasteiger partial charge in [0.1, 0.15) is 5.82 Å². The van der Waals surface area contributed by atoms with Crippen LogP contribution in [0.4, 0.5) is 5.82 Å². The lowest BCUT2D eigenvalue weighted by Gasteiger charge is -2.12. The maximum atomic E-state index is 12.3. The summed E-state index contributed by atoms with van der Waals surface area (Å²) in [5.74, 6) is -0.367. The first-order chi connectivity index (χ1) is 12.4. The van der Waals surface area contributed by atoms with Gasteiger partial charge in [-0.25, -0.2) is 9.48 Å². The maximum Gasteiger partial charge on any atom is 0.338 e. The maximum absolute atomic E-state index is 12.3. The summed E-state index contributed by atoms with van der Waals surface area (Å²) in [6, 6.07) is 7.12. The summed E-state index contributed by atoms with van der Waals surface area (Å²) in [4.78, 5) is 27.6. The monoisotopic (exact) mass is 354 g/mol. The number of esters is 1. The number of carbonyl (C=O) groups excluding carboxylic acids is 2. The molecule has 0 aliphatic heterocycles. The van der Waals surface area contributed by atoms with Gasteiger partial charge in [0, 0.05) is 28.7 Å². The zero-order chi connectivity index (χ0) is 18.8. The minimum atomic E-state index is -0.530. The second-order valence-corrected chi connectivity index (χ2v) is 6.51. The van der Waals surface area contributed by atoms with Gasteiger partial charge in [-0.15, -0.1) is 0 Å². The number of rotatable bonds is 5. The second kappa shape index (κ2) is 7.03. The molecule has 0 radical (unpaired) electrons. The van der Waals surface area contributed by atoms with Crippen molar-refractivity contribution in [2.45, 2.75) is 33.7 Å². The molecule has 0 unspecified atom stereocenters. The predicted molar refractivity (Wildman–Crippen MR) is 99.3 cm³/mol. The van der Waals surface area contributed by atoms with Gasteiger partial charge in [0.05, 0.1) is 11.8 Å². The number of benzene rings is 1. The van der Waals surface area contributed by atoms with Gasteiger partial charge in [-0.05, 0) is 51.5 Å². The van der Waals surface area contributed by atoms with Crippen molar-refractivity contribution < 1.29 is 14.3 Å². The van der Waals surface area contributed by atoms with E-state index in [9.17, 15) is 9.59 Å². The highest BCUT2D eigenvalue weighted by Crippen LogP contribution is 2.22. The number of aromatic amines is 1. The van der Waals surface area contributed by atoms with Gasteiger partial charge in [0.25, 0.3) is 5.91 Å². The van der Waals surface area contributed by atoms with E-state index < -0.39 is 11.9 Å². The summed E-state index contributed by atoms with van der Waals surface area (Å²) < 4.78 is 6.83. The van der Waals surface area contributed by atoms with Crippen LogP contribution in [0.25, 0.3) is 10.9 Å². The lowest BCUT2D eigenvalue weighted by Crippen LogP contribution is -2.23. The number of hydrogen-bond donors (Lipinski definition) is 2. The fourth-order valence-corrected chi connectivity index (χ4v) is 2.81. The third-order valence-corrected chi connectivity index (χ3v) is 4.31. The zero-order valence-electron chi connectivity index (χ0n) is 15.3. The highest BCUT2D eigenvalue weighted by molar-refractivity contribution is 5.98. The molecule has 136 valence electrons. The standard InChI is InChI=1S/C19H22N4O3/c1-11(2)23-17(7-8-20-23)22-18(24)10-26-19(25)14-5-6-16-15(9-14)12(3)13(4)21-16/h5-9,11,21H,10H2,1-4H3,(H,22,24). The van der Waals surface area contributed by atoms with Crippen molar-refractivity contribution in [3.05, 3.63) is 47.3 Å². The molecule has 3 aromatic rings. The van der Waals surface area contributed by atoms with Crippen LogP contribution < -0.4 is 5.32 Å². The molecule has 2 aromatic heterocycles. The number of nitrogens with one attached hydrogen (secondary N) is 2. The van der Waals surface area contributed by atoms with Crippen molar-refractivity contribution in [1.82, 2.24) is 14.8 Å². The van der Waals surface area contributed by atoms with Gasteiger partial charge in [-0.3, -0.25) is 4.79 Å². The molecule has 2 heterocycles. The molecule has 3 rings (SSSR count). The molecular formula is C19H22N4O3. The lowest BCUT2D eigenvalue weighted by atomic mass is 10.1. The van der Waals surface area contributed by atoms with E-state index in [4.69, 9.17) is 4.74 Å². The number of anilines is 1. The molecular weight excluding hydrogens is 332 g/mol. The van der Waals surface area contributed by atoms with Crippen LogP contribution >= 0.6 is 0 Å². The SMILES string of the molecule is Cc1[nH]c2ccc(C(=O)OCC(=O)Nc3ccnn3C(C)C)cc2c1C. The summed E-state index contributed by atoms with van der Waals surface area (Å²) in [5, 5.41) is 7.82. The van der Waals surface area contributed by atoms with Crippen LogP contribution in [-0.2, 0) is 9.53 Å². The Balaban J connectivity index is 1.64. The van der Waals surface area contributed by atoms with Crippen molar-refractivity contribution in [1.29, 1.82) is 0 Å². The fourth-order valence-electron chi connectivity index (χ4n) is 2.81. The number of nitrogens with zero attached hydrogens (tertiary/aromatic N) is 2. The second-order valence-electron chi connectivity index (χ2n) is 6.51. The molecule has 1 amide bonds. The topological polar surface area (TPSA) is 89.0 Å². The first kappa shape index (κ1) is 17.7. The first-order valence-electron chi connectivity index (χ1n) is 8.46. The molecule has 0 aliphatic carbocycles. The number of ether oxygens (including phenoxy) is 1. The predicted octanol–water partition coefficient (Wildman–Crippen LogP) is 3.36. The van der Waals surface area contributed by atoms with E-state index in [2.05, 4.69) is 15.4 Å². The Morgan fingerprint density at radius 1 is 1.27 bits per heavy atom. The Morgan fingerprint density at radius 2 is 2.04 bits per heavy atom. The highest BCUT2D eigenvalue weighted by atomic mass is 16.5. The number of H-pyrrole nitrogens is 1. The smallest absolute Gasteiger partial charge is 0.338 e. The van der Waals surface area contributed by atoms with Crippen molar-refractivity contribution in [2.24, 2.45) is 0 Å².